The molecule has 0 saturated heterocycles. The highest BCUT2D eigenvalue weighted by Gasteiger charge is 2.08. The molecule has 66 valence electrons. The molecule has 4 heteroatoms. The van der Waals surface area contributed by atoms with Crippen molar-refractivity contribution in [3.8, 4) is 6.07 Å². The number of pyridine rings is 1. The highest BCUT2D eigenvalue weighted by atomic mass is 16.5. The van der Waals surface area contributed by atoms with E-state index in [9.17, 15) is 4.79 Å². The van der Waals surface area contributed by atoms with Gasteiger partial charge in [-0.2, -0.15) is 5.26 Å². The van der Waals surface area contributed by atoms with Gasteiger partial charge in [0.15, 0.2) is 0 Å². The molecule has 1 aromatic heterocycles. The molecule has 0 aromatic carbocycles. The Balaban J connectivity index is 3.17. The first-order chi connectivity index (χ1) is 6.17. The van der Waals surface area contributed by atoms with E-state index in [2.05, 4.69) is 9.72 Å². The average molecular weight is 176 g/mol. The van der Waals surface area contributed by atoms with E-state index < -0.39 is 5.97 Å². The molecule has 1 aromatic rings. The van der Waals surface area contributed by atoms with E-state index in [1.54, 1.807) is 19.1 Å². The fraction of sp³-hybridized carbons (Fsp3) is 0.222. The molecular formula is C9H8N2O2. The number of rotatable bonds is 1. The molecule has 0 aliphatic carbocycles. The van der Waals surface area contributed by atoms with Crippen molar-refractivity contribution in [1.82, 2.24) is 4.98 Å². The molecular weight excluding hydrogens is 168 g/mol. The number of hydrogen-bond acceptors (Lipinski definition) is 4. The summed E-state index contributed by atoms with van der Waals surface area (Å²) in [6, 6.07) is 5.05. The second kappa shape index (κ2) is 3.68. The quantitative estimate of drug-likeness (QED) is 0.600. The Morgan fingerprint density at radius 2 is 2.31 bits per heavy atom. The van der Waals surface area contributed by atoms with Gasteiger partial charge in [0.05, 0.1) is 7.11 Å². The van der Waals surface area contributed by atoms with Gasteiger partial charge in [-0.05, 0) is 24.6 Å². The largest absolute Gasteiger partial charge is 0.464 e. The molecule has 0 aliphatic rings. The van der Waals surface area contributed by atoms with Gasteiger partial charge in [0.25, 0.3) is 0 Å². The van der Waals surface area contributed by atoms with Crippen LogP contribution in [-0.2, 0) is 4.74 Å². The topological polar surface area (TPSA) is 63.0 Å². The Morgan fingerprint density at radius 3 is 2.85 bits per heavy atom. The van der Waals surface area contributed by atoms with Gasteiger partial charge in [0, 0.05) is 0 Å². The van der Waals surface area contributed by atoms with Crippen LogP contribution in [0, 0.1) is 18.3 Å². The molecule has 0 N–H and O–H groups in total. The summed E-state index contributed by atoms with van der Waals surface area (Å²) >= 11 is 0. The minimum atomic E-state index is -0.528. The summed E-state index contributed by atoms with van der Waals surface area (Å²) in [6.07, 6.45) is 0. The number of nitrogens with zero attached hydrogens (tertiary/aromatic N) is 2. The molecule has 1 rings (SSSR count). The molecule has 0 fully saturated rings. The van der Waals surface area contributed by atoms with Crippen LogP contribution in [0.1, 0.15) is 21.7 Å². The fourth-order valence-corrected chi connectivity index (χ4v) is 0.934. The number of carbonyl (C=O) groups excluding carboxylic acids is 1. The molecule has 0 bridgehead atoms. The Kier molecular flexibility index (Phi) is 2.60. The Bertz CT molecular complexity index is 380. The van der Waals surface area contributed by atoms with Crippen molar-refractivity contribution in [2.24, 2.45) is 0 Å². The highest BCUT2D eigenvalue weighted by Crippen LogP contribution is 2.05. The zero-order valence-electron chi connectivity index (χ0n) is 7.37. The Hall–Kier alpha value is -1.89. The standard InChI is InChI=1S/C9H8N2O2/c1-6-3-7(5-10)11-8(4-6)9(12)13-2/h3-4H,1-2H3. The third-order valence-corrected chi connectivity index (χ3v) is 1.48. The molecule has 0 amide bonds. The Labute approximate surface area is 75.8 Å². The minimum Gasteiger partial charge on any atom is -0.464 e. The maximum Gasteiger partial charge on any atom is 0.356 e. The molecule has 0 spiro atoms. The average Bonchev–Trinajstić information content (AvgIpc) is 2.15. The van der Waals surface area contributed by atoms with Crippen LogP contribution >= 0.6 is 0 Å². The van der Waals surface area contributed by atoms with Gasteiger partial charge in [-0.25, -0.2) is 9.78 Å². The van der Waals surface area contributed by atoms with Crippen LogP contribution in [0.4, 0.5) is 0 Å². The van der Waals surface area contributed by atoms with Crippen LogP contribution in [0.5, 0.6) is 0 Å². The van der Waals surface area contributed by atoms with Gasteiger partial charge in [0.1, 0.15) is 17.5 Å². The van der Waals surface area contributed by atoms with Crippen molar-refractivity contribution >= 4 is 5.97 Å². The van der Waals surface area contributed by atoms with Crippen LogP contribution in [-0.4, -0.2) is 18.1 Å². The summed E-state index contributed by atoms with van der Waals surface area (Å²) in [5.74, 6) is -0.528. The van der Waals surface area contributed by atoms with E-state index in [1.807, 2.05) is 6.07 Å². The summed E-state index contributed by atoms with van der Waals surface area (Å²) in [5.41, 5.74) is 1.20. The van der Waals surface area contributed by atoms with Crippen molar-refractivity contribution in [1.29, 1.82) is 5.26 Å². The minimum absolute atomic E-state index is 0.166. The monoisotopic (exact) mass is 176 g/mol. The molecule has 0 atom stereocenters. The smallest absolute Gasteiger partial charge is 0.356 e. The van der Waals surface area contributed by atoms with Crippen molar-refractivity contribution in [3.05, 3.63) is 29.1 Å². The van der Waals surface area contributed by atoms with Gasteiger partial charge < -0.3 is 4.74 Å². The van der Waals surface area contributed by atoms with Gasteiger partial charge in [0.2, 0.25) is 0 Å². The van der Waals surface area contributed by atoms with Crippen molar-refractivity contribution < 1.29 is 9.53 Å². The van der Waals surface area contributed by atoms with E-state index >= 15 is 0 Å². The van der Waals surface area contributed by atoms with Crippen LogP contribution in [0.15, 0.2) is 12.1 Å². The number of esters is 1. The van der Waals surface area contributed by atoms with Crippen molar-refractivity contribution in [3.63, 3.8) is 0 Å². The number of methoxy groups -OCH3 is 1. The normalized spacial score (nSPS) is 9.00. The molecule has 0 aliphatic heterocycles. The third-order valence-electron chi connectivity index (χ3n) is 1.48. The summed E-state index contributed by atoms with van der Waals surface area (Å²) in [5, 5.41) is 8.58. The summed E-state index contributed by atoms with van der Waals surface area (Å²) in [6.45, 7) is 1.79. The first kappa shape index (κ1) is 9.20. The molecule has 1 heterocycles. The van der Waals surface area contributed by atoms with Crippen molar-refractivity contribution in [2.45, 2.75) is 6.92 Å². The lowest BCUT2D eigenvalue weighted by Gasteiger charge is -1.99. The number of aryl methyl sites for hydroxylation is 1. The lowest BCUT2D eigenvalue weighted by atomic mass is 10.2. The van der Waals surface area contributed by atoms with Crippen molar-refractivity contribution in [2.75, 3.05) is 7.11 Å². The van der Waals surface area contributed by atoms with Gasteiger partial charge in [-0.1, -0.05) is 0 Å². The van der Waals surface area contributed by atoms with E-state index in [-0.39, 0.29) is 11.4 Å². The van der Waals surface area contributed by atoms with Crippen LogP contribution in [0.3, 0.4) is 0 Å². The predicted octanol–water partition coefficient (Wildman–Crippen LogP) is 1.05. The second-order valence-electron chi connectivity index (χ2n) is 2.52. The zero-order valence-corrected chi connectivity index (χ0v) is 7.37. The molecule has 4 nitrogen and oxygen atoms in total. The molecule has 0 unspecified atom stereocenters. The maximum atomic E-state index is 11.0. The highest BCUT2D eigenvalue weighted by molar-refractivity contribution is 5.87. The first-order valence-electron chi connectivity index (χ1n) is 3.64. The summed E-state index contributed by atoms with van der Waals surface area (Å²) in [4.78, 5) is 14.8. The van der Waals surface area contributed by atoms with E-state index in [0.29, 0.717) is 0 Å². The second-order valence-corrected chi connectivity index (χ2v) is 2.52. The number of ether oxygens (including phenoxy) is 1. The number of aromatic nitrogens is 1. The molecule has 13 heavy (non-hydrogen) atoms. The van der Waals surface area contributed by atoms with Gasteiger partial charge in [-0.15, -0.1) is 0 Å². The van der Waals surface area contributed by atoms with Gasteiger partial charge in [-0.3, -0.25) is 0 Å². The number of hydrogen-bond donors (Lipinski definition) is 0. The molecule has 0 saturated carbocycles. The summed E-state index contributed by atoms with van der Waals surface area (Å²) in [7, 11) is 1.28. The number of carbonyl (C=O) groups is 1. The van der Waals surface area contributed by atoms with E-state index in [4.69, 9.17) is 5.26 Å². The van der Waals surface area contributed by atoms with Crippen LogP contribution in [0.25, 0.3) is 0 Å². The third kappa shape index (κ3) is 2.03. The van der Waals surface area contributed by atoms with Crippen LogP contribution in [0.2, 0.25) is 0 Å². The lowest BCUT2D eigenvalue weighted by molar-refractivity contribution is 0.0594. The van der Waals surface area contributed by atoms with Crippen LogP contribution < -0.4 is 0 Å². The van der Waals surface area contributed by atoms with Gasteiger partial charge >= 0.3 is 5.97 Å². The predicted molar refractivity (Wildman–Crippen MR) is 45.0 cm³/mol. The SMILES string of the molecule is COC(=O)c1cc(C)cc(C#N)n1. The fourth-order valence-electron chi connectivity index (χ4n) is 0.934. The van der Waals surface area contributed by atoms with E-state index in [0.717, 1.165) is 5.56 Å². The Morgan fingerprint density at radius 1 is 1.62 bits per heavy atom. The lowest BCUT2D eigenvalue weighted by Crippen LogP contribution is -2.05. The first-order valence-corrected chi connectivity index (χ1v) is 3.64. The maximum absolute atomic E-state index is 11.0. The molecule has 0 radical (unpaired) electrons. The zero-order chi connectivity index (χ0) is 9.84. The summed E-state index contributed by atoms with van der Waals surface area (Å²) < 4.78 is 4.48. The van der Waals surface area contributed by atoms with E-state index in [1.165, 1.54) is 7.11 Å². The number of nitriles is 1.